The summed E-state index contributed by atoms with van der Waals surface area (Å²) in [5, 5.41) is 0. The van der Waals surface area contributed by atoms with Crippen molar-refractivity contribution in [2.45, 2.75) is 19.9 Å². The van der Waals surface area contributed by atoms with E-state index in [0.29, 0.717) is 24.9 Å². The van der Waals surface area contributed by atoms with Crippen LogP contribution in [0.4, 0.5) is 0 Å². The molecule has 0 saturated carbocycles. The van der Waals surface area contributed by atoms with E-state index in [1.807, 2.05) is 14.1 Å². The van der Waals surface area contributed by atoms with E-state index < -0.39 is 11.2 Å². The Balaban J connectivity index is 2.36. The Kier molecular flexibility index (Phi) is 4.79. The van der Waals surface area contributed by atoms with E-state index in [1.54, 1.807) is 4.90 Å². The van der Waals surface area contributed by atoms with Crippen LogP contribution in [-0.4, -0.2) is 58.1 Å². The van der Waals surface area contributed by atoms with E-state index in [4.69, 9.17) is 0 Å². The molecule has 0 unspecified atom stereocenters. The summed E-state index contributed by atoms with van der Waals surface area (Å²) in [5.41, 5.74) is -0.787. The fourth-order valence-electron chi connectivity index (χ4n) is 3.28. The fraction of sp³-hybridized carbons (Fsp3) is 0.688. The van der Waals surface area contributed by atoms with Crippen LogP contribution in [0, 0.1) is 11.8 Å². The third-order valence-corrected chi connectivity index (χ3v) is 4.88. The Bertz CT molecular complexity index is 701. The maximum atomic E-state index is 12.8. The van der Waals surface area contributed by atoms with Crippen molar-refractivity contribution >= 4 is 5.91 Å². The lowest BCUT2D eigenvalue weighted by molar-refractivity contribution is 0.0768. The van der Waals surface area contributed by atoms with Crippen molar-refractivity contribution in [2.24, 2.45) is 25.9 Å². The molecule has 0 N–H and O–H groups in total. The highest BCUT2D eigenvalue weighted by atomic mass is 16.2. The van der Waals surface area contributed by atoms with Gasteiger partial charge in [0.2, 0.25) is 0 Å². The first-order valence-corrected chi connectivity index (χ1v) is 7.88. The summed E-state index contributed by atoms with van der Waals surface area (Å²) in [6.45, 7) is 5.56. The van der Waals surface area contributed by atoms with Crippen molar-refractivity contribution < 1.29 is 4.79 Å². The first-order chi connectivity index (χ1) is 10.6. The summed E-state index contributed by atoms with van der Waals surface area (Å²) >= 11 is 0. The highest BCUT2D eigenvalue weighted by molar-refractivity contribution is 5.92. The minimum Gasteiger partial charge on any atom is -0.335 e. The molecule has 0 spiro atoms. The number of carbonyl (C=O) groups excluding carboxylic acids is 1. The van der Waals surface area contributed by atoms with Gasteiger partial charge in [0.25, 0.3) is 11.5 Å². The van der Waals surface area contributed by atoms with Crippen LogP contribution in [-0.2, 0) is 14.1 Å². The molecule has 7 nitrogen and oxygen atoms in total. The number of aromatic nitrogens is 2. The maximum Gasteiger partial charge on any atom is 0.331 e. The van der Waals surface area contributed by atoms with Gasteiger partial charge in [-0.2, -0.15) is 0 Å². The van der Waals surface area contributed by atoms with Gasteiger partial charge in [-0.25, -0.2) is 4.79 Å². The highest BCUT2D eigenvalue weighted by Crippen LogP contribution is 2.27. The zero-order valence-corrected chi connectivity index (χ0v) is 14.7. The van der Waals surface area contributed by atoms with Crippen LogP contribution in [0.3, 0.4) is 0 Å². The third kappa shape index (κ3) is 3.10. The van der Waals surface area contributed by atoms with Crippen LogP contribution in [0.25, 0.3) is 0 Å². The van der Waals surface area contributed by atoms with Gasteiger partial charge in [0, 0.05) is 39.3 Å². The van der Waals surface area contributed by atoms with Crippen molar-refractivity contribution in [2.75, 3.05) is 27.2 Å². The fourth-order valence-corrected chi connectivity index (χ4v) is 3.28. The summed E-state index contributed by atoms with van der Waals surface area (Å²) in [6, 6.07) is 1.53. The van der Waals surface area contributed by atoms with Crippen molar-refractivity contribution in [3.8, 4) is 0 Å². The molecule has 1 aromatic heterocycles. The molecular formula is C16H26N4O3. The summed E-state index contributed by atoms with van der Waals surface area (Å²) in [4.78, 5) is 40.6. The number of carbonyl (C=O) groups is 1. The molecule has 1 aliphatic heterocycles. The van der Waals surface area contributed by atoms with Gasteiger partial charge >= 0.3 is 5.69 Å². The van der Waals surface area contributed by atoms with Crippen molar-refractivity contribution in [3.63, 3.8) is 0 Å². The summed E-state index contributed by atoms with van der Waals surface area (Å²) in [7, 11) is 6.96. The molecule has 0 aromatic carbocycles. The quantitative estimate of drug-likeness (QED) is 0.769. The highest BCUT2D eigenvalue weighted by Gasteiger charge is 2.38. The topological polar surface area (TPSA) is 67.5 Å². The zero-order chi connectivity index (χ0) is 17.5. The van der Waals surface area contributed by atoms with Crippen LogP contribution < -0.4 is 11.2 Å². The van der Waals surface area contributed by atoms with E-state index in [1.165, 1.54) is 24.7 Å². The Labute approximate surface area is 136 Å². The summed E-state index contributed by atoms with van der Waals surface area (Å²) in [5.74, 6) is 0.572. The van der Waals surface area contributed by atoms with Gasteiger partial charge in [0.1, 0.15) is 5.69 Å². The van der Waals surface area contributed by atoms with E-state index in [2.05, 4.69) is 18.7 Å². The molecule has 1 aliphatic rings. The third-order valence-electron chi connectivity index (χ3n) is 4.88. The molecule has 2 rings (SSSR count). The molecule has 0 bridgehead atoms. The van der Waals surface area contributed by atoms with Crippen LogP contribution in [0.5, 0.6) is 0 Å². The second-order valence-corrected chi connectivity index (χ2v) is 6.92. The van der Waals surface area contributed by atoms with E-state index in [0.717, 1.165) is 4.57 Å². The Morgan fingerprint density at radius 3 is 2.26 bits per heavy atom. The van der Waals surface area contributed by atoms with Gasteiger partial charge in [0.05, 0.1) is 0 Å². The number of nitrogens with zero attached hydrogens (tertiary/aromatic N) is 4. The van der Waals surface area contributed by atoms with Gasteiger partial charge in [-0.05, 0) is 25.9 Å². The van der Waals surface area contributed by atoms with Crippen LogP contribution in [0.15, 0.2) is 15.7 Å². The molecule has 2 heterocycles. The molecule has 1 saturated heterocycles. The largest absolute Gasteiger partial charge is 0.335 e. The Morgan fingerprint density at radius 2 is 1.78 bits per heavy atom. The number of likely N-dealkylation sites (N-methyl/N-ethyl adjacent to an activating group) is 1. The van der Waals surface area contributed by atoms with Crippen molar-refractivity contribution in [1.82, 2.24) is 18.9 Å². The minimum absolute atomic E-state index is 0.153. The van der Waals surface area contributed by atoms with Gasteiger partial charge in [-0.1, -0.05) is 13.8 Å². The number of likely N-dealkylation sites (tertiary alicyclic amines) is 1. The number of rotatable bonds is 3. The summed E-state index contributed by atoms with van der Waals surface area (Å²) in [6.07, 6.45) is 0. The first-order valence-electron chi connectivity index (χ1n) is 7.88. The van der Waals surface area contributed by atoms with Gasteiger partial charge < -0.3 is 9.80 Å². The number of hydrogen-bond donors (Lipinski definition) is 0. The Hall–Kier alpha value is -1.89. The van der Waals surface area contributed by atoms with Gasteiger partial charge in [-0.15, -0.1) is 0 Å². The second-order valence-electron chi connectivity index (χ2n) is 6.92. The van der Waals surface area contributed by atoms with Crippen molar-refractivity contribution in [1.29, 1.82) is 0 Å². The Morgan fingerprint density at radius 1 is 1.17 bits per heavy atom. The monoisotopic (exact) mass is 322 g/mol. The number of amides is 1. The predicted molar refractivity (Wildman–Crippen MR) is 88.6 cm³/mol. The molecule has 1 amide bonds. The minimum atomic E-state index is -0.482. The zero-order valence-electron chi connectivity index (χ0n) is 14.7. The second kappa shape index (κ2) is 6.31. The lowest BCUT2D eigenvalue weighted by Gasteiger charge is -2.27. The standard InChI is InChI=1S/C16H26N4O3/c1-10(2)11-8-20(9-13(11)17(3)4)15(22)12-7-14(21)19(6)16(23)18(12)5/h7,10-11,13H,8-9H2,1-6H3/t11-,13+/m0/s1. The summed E-state index contributed by atoms with van der Waals surface area (Å²) < 4.78 is 2.25. The van der Waals surface area contributed by atoms with Crippen molar-refractivity contribution in [3.05, 3.63) is 32.6 Å². The molecule has 1 aromatic rings. The predicted octanol–water partition coefficient (Wildman–Crippen LogP) is -0.258. The molecule has 2 atom stereocenters. The SMILES string of the molecule is CC(C)[C@@H]1CN(C(=O)c2cc(=O)n(C)c(=O)n2C)C[C@H]1N(C)C. The van der Waals surface area contributed by atoms with E-state index >= 15 is 0 Å². The molecule has 23 heavy (non-hydrogen) atoms. The molecule has 0 radical (unpaired) electrons. The normalized spacial score (nSPS) is 21.5. The van der Waals surface area contributed by atoms with Crippen LogP contribution in [0.1, 0.15) is 24.3 Å². The molecule has 128 valence electrons. The lowest BCUT2D eigenvalue weighted by atomic mass is 9.91. The van der Waals surface area contributed by atoms with Crippen LogP contribution in [0.2, 0.25) is 0 Å². The van der Waals surface area contributed by atoms with Gasteiger partial charge in [0.15, 0.2) is 0 Å². The molecular weight excluding hydrogens is 296 g/mol. The maximum absolute atomic E-state index is 12.8. The smallest absolute Gasteiger partial charge is 0.331 e. The first kappa shape index (κ1) is 17.5. The molecule has 7 heteroatoms. The number of hydrogen-bond acceptors (Lipinski definition) is 4. The van der Waals surface area contributed by atoms with Crippen LogP contribution >= 0.6 is 0 Å². The van der Waals surface area contributed by atoms with E-state index in [-0.39, 0.29) is 17.6 Å². The molecule has 0 aliphatic carbocycles. The average Bonchev–Trinajstić information content (AvgIpc) is 2.94. The van der Waals surface area contributed by atoms with Gasteiger partial charge in [-0.3, -0.25) is 18.7 Å². The molecule has 1 fully saturated rings. The lowest BCUT2D eigenvalue weighted by Crippen LogP contribution is -2.42. The van der Waals surface area contributed by atoms with E-state index in [9.17, 15) is 14.4 Å². The average molecular weight is 322 g/mol.